The number of carbonyl (C=O) groups is 2. The molecule has 2 amide bonds. The number of benzene rings is 1. The van der Waals surface area contributed by atoms with Crippen molar-refractivity contribution in [3.05, 3.63) is 35.9 Å². The van der Waals surface area contributed by atoms with Gasteiger partial charge in [-0.3, -0.25) is 9.59 Å². The molecule has 1 aliphatic heterocycles. The van der Waals surface area contributed by atoms with E-state index < -0.39 is 11.5 Å². The summed E-state index contributed by atoms with van der Waals surface area (Å²) >= 11 is 0. The van der Waals surface area contributed by atoms with Crippen LogP contribution in [0.2, 0.25) is 0 Å². The highest BCUT2D eigenvalue weighted by atomic mass is 16.2. The molecule has 0 aliphatic carbocycles. The lowest BCUT2D eigenvalue weighted by molar-refractivity contribution is -0.138. The largest absolute Gasteiger partial charge is 0.344 e. The molecule has 2 atom stereocenters. The lowest BCUT2D eigenvalue weighted by atomic mass is 9.94. The van der Waals surface area contributed by atoms with Gasteiger partial charge in [0.25, 0.3) is 0 Å². The van der Waals surface area contributed by atoms with Crippen LogP contribution in [0.25, 0.3) is 0 Å². The molecule has 1 aromatic carbocycles. The summed E-state index contributed by atoms with van der Waals surface area (Å²) in [5.41, 5.74) is 0.409. The molecule has 24 heavy (non-hydrogen) atoms. The zero-order chi connectivity index (χ0) is 17.7. The van der Waals surface area contributed by atoms with Crippen LogP contribution in [0.1, 0.15) is 39.2 Å². The van der Waals surface area contributed by atoms with Gasteiger partial charge in [-0.05, 0) is 18.4 Å². The molecule has 0 bridgehead atoms. The molecule has 0 saturated carbocycles. The molecule has 0 radical (unpaired) electrons. The monoisotopic (exact) mass is 327 g/mol. The van der Waals surface area contributed by atoms with Gasteiger partial charge in [0.2, 0.25) is 11.8 Å². The fourth-order valence-electron chi connectivity index (χ4n) is 2.79. The van der Waals surface area contributed by atoms with Crippen molar-refractivity contribution >= 4 is 11.8 Å². The second kappa shape index (κ2) is 7.48. The summed E-state index contributed by atoms with van der Waals surface area (Å²) in [5, 5.41) is 12.1. The highest BCUT2D eigenvalue weighted by molar-refractivity contribution is 5.90. The van der Waals surface area contributed by atoms with Gasteiger partial charge in [0, 0.05) is 18.4 Å². The molecule has 0 aromatic heterocycles. The lowest BCUT2D eigenvalue weighted by Crippen LogP contribution is -2.53. The van der Waals surface area contributed by atoms with E-state index >= 15 is 0 Å². The number of nitrogens with one attached hydrogen (secondary N) is 1. The minimum absolute atomic E-state index is 0.163. The number of amides is 2. The summed E-state index contributed by atoms with van der Waals surface area (Å²) < 4.78 is 0. The maximum Gasteiger partial charge on any atom is 0.246 e. The number of hydrogen-bond donors (Lipinski definition) is 1. The smallest absolute Gasteiger partial charge is 0.246 e. The highest BCUT2D eigenvalue weighted by Crippen LogP contribution is 2.20. The third kappa shape index (κ3) is 4.35. The molecule has 1 fully saturated rings. The van der Waals surface area contributed by atoms with Crippen molar-refractivity contribution in [1.82, 2.24) is 10.2 Å². The van der Waals surface area contributed by atoms with Crippen molar-refractivity contribution in [2.75, 3.05) is 6.54 Å². The third-order valence-corrected chi connectivity index (χ3v) is 4.25. The van der Waals surface area contributed by atoms with Gasteiger partial charge in [-0.2, -0.15) is 5.26 Å². The number of nitrogens with zero attached hydrogens (tertiary/aromatic N) is 2. The fourth-order valence-corrected chi connectivity index (χ4v) is 2.79. The van der Waals surface area contributed by atoms with E-state index in [1.54, 1.807) is 4.90 Å². The molecule has 128 valence electrons. The van der Waals surface area contributed by atoms with Crippen LogP contribution in [0.4, 0.5) is 0 Å². The first-order valence-electron chi connectivity index (χ1n) is 8.38. The van der Waals surface area contributed by atoms with Crippen LogP contribution < -0.4 is 5.32 Å². The van der Waals surface area contributed by atoms with Gasteiger partial charge in [0.05, 0.1) is 6.07 Å². The molecule has 2 rings (SSSR count). The van der Waals surface area contributed by atoms with E-state index in [1.807, 2.05) is 51.1 Å². The quantitative estimate of drug-likeness (QED) is 0.922. The molecule has 1 heterocycles. The average molecular weight is 327 g/mol. The molecule has 1 N–H and O–H groups in total. The van der Waals surface area contributed by atoms with E-state index in [9.17, 15) is 14.9 Å². The van der Waals surface area contributed by atoms with Gasteiger partial charge in [-0.25, -0.2) is 0 Å². The Morgan fingerprint density at radius 1 is 1.33 bits per heavy atom. The minimum Gasteiger partial charge on any atom is -0.344 e. The van der Waals surface area contributed by atoms with Crippen LogP contribution in [0.15, 0.2) is 30.3 Å². The van der Waals surface area contributed by atoms with E-state index in [4.69, 9.17) is 0 Å². The average Bonchev–Trinajstić information content (AvgIpc) is 3.02. The van der Waals surface area contributed by atoms with E-state index in [1.165, 1.54) is 0 Å². The van der Waals surface area contributed by atoms with Gasteiger partial charge in [-0.1, -0.05) is 51.1 Å². The van der Waals surface area contributed by atoms with Gasteiger partial charge in [0.15, 0.2) is 0 Å². The first-order chi connectivity index (χ1) is 11.3. The Morgan fingerprint density at radius 2 is 2.00 bits per heavy atom. The Hall–Kier alpha value is -2.35. The molecule has 0 spiro atoms. The van der Waals surface area contributed by atoms with Crippen molar-refractivity contribution in [2.45, 2.75) is 52.1 Å². The zero-order valence-corrected chi connectivity index (χ0v) is 14.6. The SMILES string of the molecule is CC(C)(C)C(=O)N[C@@H](Cc1ccccc1)C(=O)N1CCC[C@H]1C#N. The summed E-state index contributed by atoms with van der Waals surface area (Å²) in [6.45, 7) is 6.04. The molecular weight excluding hydrogens is 302 g/mol. The molecule has 1 saturated heterocycles. The van der Waals surface area contributed by atoms with E-state index in [0.717, 1.165) is 12.0 Å². The molecule has 1 aromatic rings. The zero-order valence-electron chi connectivity index (χ0n) is 14.6. The Balaban J connectivity index is 2.20. The van der Waals surface area contributed by atoms with Crippen LogP contribution in [-0.4, -0.2) is 35.3 Å². The summed E-state index contributed by atoms with van der Waals surface area (Å²) in [6, 6.07) is 10.8. The standard InChI is InChI=1S/C19H25N3O2/c1-19(2,3)18(24)21-16(12-14-8-5-4-6-9-14)17(23)22-11-7-10-15(22)13-20/h4-6,8-9,15-16H,7,10-12H2,1-3H3,(H,21,24)/t15-,16-/m0/s1. The molecule has 1 aliphatic rings. The van der Waals surface area contributed by atoms with E-state index in [0.29, 0.717) is 19.4 Å². The molecule has 0 unspecified atom stereocenters. The van der Waals surface area contributed by atoms with Gasteiger partial charge in [0.1, 0.15) is 12.1 Å². The second-order valence-electron chi connectivity index (χ2n) is 7.28. The Kier molecular flexibility index (Phi) is 5.61. The molecule has 5 nitrogen and oxygen atoms in total. The molecular formula is C19H25N3O2. The summed E-state index contributed by atoms with van der Waals surface area (Å²) in [5.74, 6) is -0.329. The summed E-state index contributed by atoms with van der Waals surface area (Å²) in [7, 11) is 0. The van der Waals surface area contributed by atoms with Crippen LogP contribution in [0, 0.1) is 16.7 Å². The third-order valence-electron chi connectivity index (χ3n) is 4.25. The van der Waals surface area contributed by atoms with Crippen LogP contribution in [-0.2, 0) is 16.0 Å². The van der Waals surface area contributed by atoms with Crippen LogP contribution in [0.5, 0.6) is 0 Å². The Morgan fingerprint density at radius 3 is 2.58 bits per heavy atom. The minimum atomic E-state index is -0.645. The van der Waals surface area contributed by atoms with E-state index in [2.05, 4.69) is 11.4 Å². The van der Waals surface area contributed by atoms with Crippen LogP contribution >= 0.6 is 0 Å². The Labute approximate surface area is 143 Å². The maximum atomic E-state index is 12.9. The Bertz CT molecular complexity index is 628. The lowest BCUT2D eigenvalue weighted by Gasteiger charge is -2.28. The van der Waals surface area contributed by atoms with Crippen LogP contribution in [0.3, 0.4) is 0 Å². The van der Waals surface area contributed by atoms with E-state index in [-0.39, 0.29) is 17.9 Å². The normalized spacial score (nSPS) is 18.8. The predicted octanol–water partition coefficient (Wildman–Crippen LogP) is 2.27. The summed E-state index contributed by atoms with van der Waals surface area (Å²) in [6.07, 6.45) is 1.96. The van der Waals surface area contributed by atoms with Crippen molar-refractivity contribution in [3.8, 4) is 6.07 Å². The predicted molar refractivity (Wildman–Crippen MR) is 91.9 cm³/mol. The maximum absolute atomic E-state index is 12.9. The number of rotatable bonds is 4. The number of nitriles is 1. The van der Waals surface area contributed by atoms with Gasteiger partial charge in [-0.15, -0.1) is 0 Å². The van der Waals surface area contributed by atoms with Gasteiger partial charge < -0.3 is 10.2 Å². The number of likely N-dealkylation sites (tertiary alicyclic amines) is 1. The molecule has 5 heteroatoms. The first kappa shape index (κ1) is 18.0. The van der Waals surface area contributed by atoms with Crippen molar-refractivity contribution in [2.24, 2.45) is 5.41 Å². The second-order valence-corrected chi connectivity index (χ2v) is 7.28. The topological polar surface area (TPSA) is 73.2 Å². The number of hydrogen-bond acceptors (Lipinski definition) is 3. The summed E-state index contributed by atoms with van der Waals surface area (Å²) in [4.78, 5) is 26.9. The highest BCUT2D eigenvalue weighted by Gasteiger charge is 2.35. The van der Waals surface area contributed by atoms with Crippen molar-refractivity contribution in [3.63, 3.8) is 0 Å². The fraction of sp³-hybridized carbons (Fsp3) is 0.526. The first-order valence-corrected chi connectivity index (χ1v) is 8.38. The van der Waals surface area contributed by atoms with Crippen molar-refractivity contribution in [1.29, 1.82) is 5.26 Å². The van der Waals surface area contributed by atoms with Gasteiger partial charge >= 0.3 is 0 Å². The number of carbonyl (C=O) groups excluding carboxylic acids is 2. The van der Waals surface area contributed by atoms with Crippen molar-refractivity contribution < 1.29 is 9.59 Å².